The Morgan fingerprint density at radius 1 is 0.769 bits per heavy atom. The Balaban J connectivity index is 1.44. The van der Waals surface area contributed by atoms with Crippen molar-refractivity contribution in [2.24, 2.45) is 0 Å². The Labute approximate surface area is 241 Å². The summed E-state index contributed by atoms with van der Waals surface area (Å²) in [6.07, 6.45) is 0. The maximum absolute atomic E-state index is 13.6. The lowest BCUT2D eigenvalue weighted by atomic mass is 10.0. The van der Waals surface area contributed by atoms with Crippen molar-refractivity contribution >= 4 is 46.3 Å². The van der Waals surface area contributed by atoms with Crippen molar-refractivity contribution in [1.82, 2.24) is 0 Å². The van der Waals surface area contributed by atoms with Crippen LogP contribution in [0.2, 0.25) is 0 Å². The topological polar surface area (TPSA) is 61.8 Å². The molecule has 8 heteroatoms. The van der Waals surface area contributed by atoms with Crippen molar-refractivity contribution in [2.45, 2.75) is 34.6 Å². The molecule has 0 aromatic heterocycles. The molecule has 0 bridgehead atoms. The minimum Gasteiger partial charge on any atom is -0.496 e. The first-order valence-corrected chi connectivity index (χ1v) is 16.6. The Bertz CT molecular complexity index is 1260. The molecule has 0 radical (unpaired) electrons. The number of hydrogen-bond donors (Lipinski definition) is 0. The highest BCUT2D eigenvalue weighted by molar-refractivity contribution is 8.76. The second-order valence-electron chi connectivity index (χ2n) is 9.32. The van der Waals surface area contributed by atoms with Gasteiger partial charge in [-0.05, 0) is 62.9 Å². The molecule has 0 amide bonds. The number of ether oxygens (including phenoxy) is 2. The van der Waals surface area contributed by atoms with Gasteiger partial charge in [0.2, 0.25) is 5.52 Å². The van der Waals surface area contributed by atoms with Crippen LogP contribution < -0.4 is 10.0 Å². The molecule has 3 aromatic carbocycles. The second-order valence-corrected chi connectivity index (χ2v) is 13.8. The molecule has 0 aliphatic rings. The molecular formula is C31H37O5PS2. The molecule has 1 atom stereocenters. The number of carbonyl (C=O) groups is 2. The molecule has 3 aromatic rings. The largest absolute Gasteiger partial charge is 0.496 e. The molecule has 39 heavy (non-hydrogen) atoms. The van der Waals surface area contributed by atoms with Crippen LogP contribution in [0.1, 0.15) is 48.5 Å². The summed E-state index contributed by atoms with van der Waals surface area (Å²) in [5.74, 6) is 2.01. The standard InChI is InChI=1S/C31H37O5PS2/c1-21-16-23(3)29(24(4)17-21)31(33)37(26-10-8-7-9-11-26)36-13-15-39-38-14-12-35-20-27(32)30-25(5)18-22(2)19-28(30)34-6/h7-11,16-19H,12-15,20H2,1-6H3. The summed E-state index contributed by atoms with van der Waals surface area (Å²) in [6, 6.07) is 17.7. The van der Waals surface area contributed by atoms with Crippen molar-refractivity contribution in [3.05, 3.63) is 93.5 Å². The van der Waals surface area contributed by atoms with Gasteiger partial charge in [-0.25, -0.2) is 0 Å². The van der Waals surface area contributed by atoms with Crippen LogP contribution in [-0.2, 0) is 9.26 Å². The molecule has 0 heterocycles. The van der Waals surface area contributed by atoms with Gasteiger partial charge in [0.15, 0.2) is 5.78 Å². The van der Waals surface area contributed by atoms with Gasteiger partial charge in [-0.15, -0.1) is 0 Å². The molecule has 0 spiro atoms. The van der Waals surface area contributed by atoms with E-state index in [4.69, 9.17) is 14.0 Å². The average molecular weight is 585 g/mol. The van der Waals surface area contributed by atoms with Crippen molar-refractivity contribution in [3.8, 4) is 5.75 Å². The van der Waals surface area contributed by atoms with E-state index < -0.39 is 8.15 Å². The zero-order chi connectivity index (χ0) is 28.4. The van der Waals surface area contributed by atoms with E-state index in [0.29, 0.717) is 24.5 Å². The predicted octanol–water partition coefficient (Wildman–Crippen LogP) is 7.40. The summed E-state index contributed by atoms with van der Waals surface area (Å²) in [5, 5.41) is 0.924. The number of Topliss-reactive ketones (excluding diaryl/α,β-unsaturated/α-hetero) is 1. The van der Waals surface area contributed by atoms with E-state index in [1.165, 1.54) is 0 Å². The third kappa shape index (κ3) is 8.92. The van der Waals surface area contributed by atoms with Crippen LogP contribution in [0.4, 0.5) is 0 Å². The van der Waals surface area contributed by atoms with E-state index in [1.54, 1.807) is 28.7 Å². The number of carbonyl (C=O) groups excluding carboxylic acids is 2. The van der Waals surface area contributed by atoms with E-state index >= 15 is 0 Å². The van der Waals surface area contributed by atoms with E-state index in [-0.39, 0.29) is 17.9 Å². The third-order valence-corrected chi connectivity index (χ3v) is 10.2. The zero-order valence-corrected chi connectivity index (χ0v) is 26.1. The van der Waals surface area contributed by atoms with Gasteiger partial charge >= 0.3 is 0 Å². The van der Waals surface area contributed by atoms with E-state index in [2.05, 4.69) is 12.1 Å². The molecule has 5 nitrogen and oxygen atoms in total. The highest BCUT2D eigenvalue weighted by Gasteiger charge is 2.26. The van der Waals surface area contributed by atoms with Crippen molar-refractivity contribution in [1.29, 1.82) is 0 Å². The lowest BCUT2D eigenvalue weighted by molar-refractivity contribution is 0.0784. The van der Waals surface area contributed by atoms with Gasteiger partial charge in [0.1, 0.15) is 20.5 Å². The van der Waals surface area contributed by atoms with Crippen LogP contribution in [0.15, 0.2) is 54.6 Å². The Hall–Kier alpha value is -2.15. The van der Waals surface area contributed by atoms with E-state index in [0.717, 1.165) is 50.2 Å². The fraction of sp³-hybridized carbons (Fsp3) is 0.355. The monoisotopic (exact) mass is 584 g/mol. The first kappa shape index (κ1) is 31.4. The summed E-state index contributed by atoms with van der Waals surface area (Å²) >= 11 is 0. The number of ketones is 1. The molecule has 0 N–H and O–H groups in total. The molecule has 0 fully saturated rings. The minimum atomic E-state index is -1.44. The summed E-state index contributed by atoms with van der Waals surface area (Å²) < 4.78 is 17.3. The number of benzene rings is 3. The smallest absolute Gasteiger partial charge is 0.216 e. The molecule has 0 aliphatic carbocycles. The average Bonchev–Trinajstić information content (AvgIpc) is 2.89. The number of rotatable bonds is 15. The van der Waals surface area contributed by atoms with Gasteiger partial charge in [-0.1, -0.05) is 75.7 Å². The van der Waals surface area contributed by atoms with Crippen LogP contribution in [0.25, 0.3) is 0 Å². The second kappa shape index (κ2) is 15.6. The quantitative estimate of drug-likeness (QED) is 0.0798. The van der Waals surface area contributed by atoms with E-state index in [9.17, 15) is 9.59 Å². The lowest BCUT2D eigenvalue weighted by Crippen LogP contribution is -2.14. The molecule has 0 aliphatic heterocycles. The maximum Gasteiger partial charge on any atom is 0.216 e. The molecule has 3 rings (SSSR count). The normalized spacial score (nSPS) is 11.8. The molecule has 208 valence electrons. The molecule has 0 saturated heterocycles. The predicted molar refractivity (Wildman–Crippen MR) is 166 cm³/mol. The summed E-state index contributed by atoms with van der Waals surface area (Å²) in [6.45, 7) is 10.9. The summed E-state index contributed by atoms with van der Waals surface area (Å²) in [4.78, 5) is 26.3. The number of hydrogen-bond acceptors (Lipinski definition) is 7. The van der Waals surface area contributed by atoms with Crippen molar-refractivity contribution in [3.63, 3.8) is 0 Å². The van der Waals surface area contributed by atoms with Crippen LogP contribution in [0.3, 0.4) is 0 Å². The fourth-order valence-electron chi connectivity index (χ4n) is 4.49. The van der Waals surface area contributed by atoms with Gasteiger partial charge < -0.3 is 14.0 Å². The first-order valence-electron chi connectivity index (χ1n) is 12.8. The highest BCUT2D eigenvalue weighted by atomic mass is 33.1. The SMILES string of the molecule is COc1cc(C)cc(C)c1C(=O)COCCSSCCOP(C(=O)c1c(C)cc(C)cc1C)c1ccccc1. The number of aryl methyl sites for hydroxylation is 5. The van der Waals surface area contributed by atoms with E-state index in [1.807, 2.05) is 77.1 Å². The van der Waals surface area contributed by atoms with Crippen molar-refractivity contribution < 1.29 is 23.6 Å². The Morgan fingerprint density at radius 3 is 1.95 bits per heavy atom. The van der Waals surface area contributed by atoms with Gasteiger partial charge in [-0.2, -0.15) is 0 Å². The van der Waals surface area contributed by atoms with Gasteiger partial charge in [0, 0.05) is 22.4 Å². The summed E-state index contributed by atoms with van der Waals surface area (Å²) in [7, 11) is 3.49. The molecule has 0 saturated carbocycles. The number of methoxy groups -OCH3 is 1. The highest BCUT2D eigenvalue weighted by Crippen LogP contribution is 2.42. The van der Waals surface area contributed by atoms with Crippen LogP contribution in [0, 0.1) is 34.6 Å². The van der Waals surface area contributed by atoms with Gasteiger partial charge in [0.05, 0.1) is 25.9 Å². The minimum absolute atomic E-state index is 0.0237. The Morgan fingerprint density at radius 2 is 1.33 bits per heavy atom. The van der Waals surface area contributed by atoms with Gasteiger partial charge in [0.25, 0.3) is 0 Å². The van der Waals surface area contributed by atoms with Crippen molar-refractivity contribution in [2.75, 3.05) is 38.4 Å². The molecule has 1 unspecified atom stereocenters. The first-order chi connectivity index (χ1) is 18.7. The Kier molecular flexibility index (Phi) is 12.5. The van der Waals surface area contributed by atoms with Crippen LogP contribution in [-0.4, -0.2) is 49.7 Å². The fourth-order valence-corrected chi connectivity index (χ4v) is 8.08. The third-order valence-electron chi connectivity index (χ3n) is 6.02. The zero-order valence-electron chi connectivity index (χ0n) is 23.5. The summed E-state index contributed by atoms with van der Waals surface area (Å²) in [5.41, 5.74) is 6.49. The molecular weight excluding hydrogens is 547 g/mol. The van der Waals surface area contributed by atoms with Gasteiger partial charge in [-0.3, -0.25) is 9.59 Å². The maximum atomic E-state index is 13.6. The lowest BCUT2D eigenvalue weighted by Gasteiger charge is -2.19. The van der Waals surface area contributed by atoms with Crippen LogP contribution >= 0.6 is 29.7 Å². The van der Waals surface area contributed by atoms with Crippen LogP contribution in [0.5, 0.6) is 5.75 Å².